The molecule has 1 N–H and O–H groups in total. The first-order valence-electron chi connectivity index (χ1n) is 6.60. The molecular formula is C15H19NO. The number of hydrogen-bond donors (Lipinski definition) is 1. The summed E-state index contributed by atoms with van der Waals surface area (Å²) in [5, 5.41) is 3.10. The van der Waals surface area contributed by atoms with E-state index in [2.05, 4.69) is 5.32 Å². The largest absolute Gasteiger partial charge is 0.326 e. The van der Waals surface area contributed by atoms with Gasteiger partial charge in [-0.05, 0) is 49.7 Å². The lowest BCUT2D eigenvalue weighted by molar-refractivity contribution is -0.121. The van der Waals surface area contributed by atoms with E-state index in [4.69, 9.17) is 0 Å². The second-order valence-electron chi connectivity index (χ2n) is 5.59. The third-order valence-corrected chi connectivity index (χ3v) is 4.48. The van der Waals surface area contributed by atoms with Crippen LogP contribution in [-0.2, 0) is 4.79 Å². The topological polar surface area (TPSA) is 29.1 Å². The van der Waals surface area contributed by atoms with Crippen LogP contribution in [0.25, 0.3) is 0 Å². The van der Waals surface area contributed by atoms with Crippen LogP contribution in [-0.4, -0.2) is 5.91 Å². The summed E-state index contributed by atoms with van der Waals surface area (Å²) < 4.78 is 0. The molecule has 0 aliphatic heterocycles. The summed E-state index contributed by atoms with van der Waals surface area (Å²) >= 11 is 0. The second kappa shape index (κ2) is 4.17. The van der Waals surface area contributed by atoms with Gasteiger partial charge in [0.05, 0.1) is 0 Å². The van der Waals surface area contributed by atoms with E-state index in [0.29, 0.717) is 5.92 Å². The summed E-state index contributed by atoms with van der Waals surface area (Å²) in [4.78, 5) is 12.2. The molecule has 2 aliphatic carbocycles. The van der Waals surface area contributed by atoms with Crippen LogP contribution in [0.2, 0.25) is 0 Å². The number of carbonyl (C=O) groups is 1. The van der Waals surface area contributed by atoms with Gasteiger partial charge in [0.1, 0.15) is 0 Å². The molecule has 3 rings (SSSR count). The number of nitrogens with one attached hydrogen (secondary N) is 1. The Balaban J connectivity index is 1.70. The van der Waals surface area contributed by atoms with E-state index >= 15 is 0 Å². The van der Waals surface area contributed by atoms with Crippen LogP contribution in [0, 0.1) is 24.7 Å². The van der Waals surface area contributed by atoms with E-state index in [9.17, 15) is 4.79 Å². The fraction of sp³-hybridized carbons (Fsp3) is 0.533. The van der Waals surface area contributed by atoms with E-state index in [0.717, 1.165) is 23.6 Å². The van der Waals surface area contributed by atoms with Crippen molar-refractivity contribution in [2.45, 2.75) is 32.6 Å². The Labute approximate surface area is 102 Å². The minimum Gasteiger partial charge on any atom is -0.326 e. The molecule has 2 bridgehead atoms. The normalized spacial score (nSPS) is 30.5. The third kappa shape index (κ3) is 1.97. The van der Waals surface area contributed by atoms with E-state index in [1.807, 2.05) is 31.2 Å². The Hall–Kier alpha value is -1.31. The van der Waals surface area contributed by atoms with Crippen molar-refractivity contribution in [3.63, 3.8) is 0 Å². The molecule has 0 heterocycles. The van der Waals surface area contributed by atoms with Crippen molar-refractivity contribution in [1.82, 2.24) is 0 Å². The Morgan fingerprint density at radius 3 is 2.71 bits per heavy atom. The maximum absolute atomic E-state index is 12.2. The standard InChI is InChI=1S/C15H19NO/c1-10-4-2-3-5-14(10)16-15(17)13-9-11-6-7-12(13)8-11/h2-5,11-13H,6-9H2,1H3,(H,16,17)/t11-,12+,13-/m0/s1. The van der Waals surface area contributed by atoms with Gasteiger partial charge in [0.25, 0.3) is 0 Å². The lowest BCUT2D eigenvalue weighted by atomic mass is 9.88. The Bertz CT molecular complexity index is 440. The van der Waals surface area contributed by atoms with E-state index < -0.39 is 0 Å². The molecule has 3 atom stereocenters. The van der Waals surface area contributed by atoms with Gasteiger partial charge in [-0.15, -0.1) is 0 Å². The molecule has 1 aromatic carbocycles. The summed E-state index contributed by atoms with van der Waals surface area (Å²) in [7, 11) is 0. The molecule has 17 heavy (non-hydrogen) atoms. The molecule has 2 fully saturated rings. The summed E-state index contributed by atoms with van der Waals surface area (Å²) in [6, 6.07) is 8.00. The van der Waals surface area contributed by atoms with Gasteiger partial charge in [0.15, 0.2) is 0 Å². The van der Waals surface area contributed by atoms with Crippen LogP contribution in [0.15, 0.2) is 24.3 Å². The van der Waals surface area contributed by atoms with Crippen molar-refractivity contribution >= 4 is 11.6 Å². The van der Waals surface area contributed by atoms with Gasteiger partial charge in [0, 0.05) is 11.6 Å². The maximum Gasteiger partial charge on any atom is 0.227 e. The summed E-state index contributed by atoms with van der Waals surface area (Å²) in [6.45, 7) is 2.04. The monoisotopic (exact) mass is 229 g/mol. The summed E-state index contributed by atoms with van der Waals surface area (Å²) in [6.07, 6.45) is 5.00. The van der Waals surface area contributed by atoms with Crippen LogP contribution >= 0.6 is 0 Å². The molecule has 90 valence electrons. The fourth-order valence-corrected chi connectivity index (χ4v) is 3.50. The van der Waals surface area contributed by atoms with Crippen LogP contribution in [0.1, 0.15) is 31.2 Å². The molecule has 1 aromatic rings. The summed E-state index contributed by atoms with van der Waals surface area (Å²) in [5.74, 6) is 2.00. The van der Waals surface area contributed by atoms with E-state index in [1.54, 1.807) is 0 Å². The molecule has 0 spiro atoms. The van der Waals surface area contributed by atoms with Crippen LogP contribution in [0.5, 0.6) is 0 Å². The van der Waals surface area contributed by atoms with Gasteiger partial charge < -0.3 is 5.32 Å². The van der Waals surface area contributed by atoms with Crippen LogP contribution < -0.4 is 5.32 Å². The van der Waals surface area contributed by atoms with Crippen molar-refractivity contribution in [3.8, 4) is 0 Å². The van der Waals surface area contributed by atoms with Crippen molar-refractivity contribution in [2.75, 3.05) is 5.32 Å². The average Bonchev–Trinajstić information content (AvgIpc) is 2.94. The van der Waals surface area contributed by atoms with E-state index in [-0.39, 0.29) is 11.8 Å². The quantitative estimate of drug-likeness (QED) is 0.827. The zero-order valence-corrected chi connectivity index (χ0v) is 10.3. The SMILES string of the molecule is Cc1ccccc1NC(=O)[C@H]1C[C@H]2CC[C@@H]1C2. The minimum absolute atomic E-state index is 0.242. The number of benzene rings is 1. The molecule has 0 radical (unpaired) electrons. The minimum atomic E-state index is 0.242. The molecule has 2 saturated carbocycles. The van der Waals surface area contributed by atoms with Crippen LogP contribution in [0.3, 0.4) is 0 Å². The van der Waals surface area contributed by atoms with Crippen LogP contribution in [0.4, 0.5) is 5.69 Å². The first-order valence-corrected chi connectivity index (χ1v) is 6.60. The Morgan fingerprint density at radius 1 is 1.24 bits per heavy atom. The number of fused-ring (bicyclic) bond motifs is 2. The van der Waals surface area contributed by atoms with E-state index in [1.165, 1.54) is 19.3 Å². The first kappa shape index (κ1) is 10.8. The van der Waals surface area contributed by atoms with Gasteiger partial charge in [-0.1, -0.05) is 24.6 Å². The number of aryl methyl sites for hydroxylation is 1. The highest BCUT2D eigenvalue weighted by Crippen LogP contribution is 2.48. The fourth-order valence-electron chi connectivity index (χ4n) is 3.50. The molecule has 2 aliphatic rings. The highest BCUT2D eigenvalue weighted by Gasteiger charge is 2.42. The average molecular weight is 229 g/mol. The van der Waals surface area contributed by atoms with Crippen molar-refractivity contribution in [1.29, 1.82) is 0 Å². The molecule has 1 amide bonds. The van der Waals surface area contributed by atoms with Gasteiger partial charge in [-0.3, -0.25) is 4.79 Å². The molecule has 0 aromatic heterocycles. The molecule has 0 saturated heterocycles. The van der Waals surface area contributed by atoms with Crippen molar-refractivity contribution in [3.05, 3.63) is 29.8 Å². The Kier molecular flexibility index (Phi) is 2.65. The lowest BCUT2D eigenvalue weighted by Crippen LogP contribution is -2.27. The highest BCUT2D eigenvalue weighted by atomic mass is 16.1. The van der Waals surface area contributed by atoms with Gasteiger partial charge in [-0.25, -0.2) is 0 Å². The van der Waals surface area contributed by atoms with Gasteiger partial charge >= 0.3 is 0 Å². The molecule has 2 heteroatoms. The van der Waals surface area contributed by atoms with Crippen molar-refractivity contribution < 1.29 is 4.79 Å². The lowest BCUT2D eigenvalue weighted by Gasteiger charge is -2.21. The number of hydrogen-bond acceptors (Lipinski definition) is 1. The highest BCUT2D eigenvalue weighted by molar-refractivity contribution is 5.93. The van der Waals surface area contributed by atoms with Crippen molar-refractivity contribution in [2.24, 2.45) is 17.8 Å². The Morgan fingerprint density at radius 2 is 2.06 bits per heavy atom. The van der Waals surface area contributed by atoms with Gasteiger partial charge in [0.2, 0.25) is 5.91 Å². The molecule has 2 nitrogen and oxygen atoms in total. The number of rotatable bonds is 2. The zero-order chi connectivity index (χ0) is 11.8. The number of amides is 1. The third-order valence-electron chi connectivity index (χ3n) is 4.48. The van der Waals surface area contributed by atoms with Gasteiger partial charge in [-0.2, -0.15) is 0 Å². The first-order chi connectivity index (χ1) is 8.24. The predicted octanol–water partition coefficient (Wildman–Crippen LogP) is 3.37. The number of anilines is 1. The second-order valence-corrected chi connectivity index (χ2v) is 5.59. The molecule has 0 unspecified atom stereocenters. The number of carbonyl (C=O) groups excluding carboxylic acids is 1. The summed E-state index contributed by atoms with van der Waals surface area (Å²) in [5.41, 5.74) is 2.12. The smallest absolute Gasteiger partial charge is 0.227 e. The zero-order valence-electron chi connectivity index (χ0n) is 10.3. The predicted molar refractivity (Wildman–Crippen MR) is 68.7 cm³/mol. The molecular weight excluding hydrogens is 210 g/mol. The number of para-hydroxylation sites is 1. The maximum atomic E-state index is 12.2.